The molecule has 65 heavy (non-hydrogen) atoms. The van der Waals surface area contributed by atoms with Crippen molar-refractivity contribution in [2.24, 2.45) is 0 Å². The maximum atomic E-state index is 12.6. The van der Waals surface area contributed by atoms with Gasteiger partial charge in [-0.15, -0.1) is 29.3 Å². The molecule has 0 fully saturated rings. The minimum absolute atomic E-state index is 0. The van der Waals surface area contributed by atoms with E-state index in [1.165, 1.54) is 12.5 Å². The Hall–Kier alpha value is -5.57. The monoisotopic (exact) mass is 1040 g/mol. The molecular weight excluding hydrogens is 974 g/mol. The van der Waals surface area contributed by atoms with Gasteiger partial charge in [-0.25, -0.2) is 4.98 Å². The van der Waals surface area contributed by atoms with E-state index >= 15 is 0 Å². The number of hydrogen-bond donors (Lipinski definition) is 1. The Morgan fingerprint density at radius 1 is 0.631 bits per heavy atom. The van der Waals surface area contributed by atoms with Gasteiger partial charge in [0.2, 0.25) is 0 Å². The van der Waals surface area contributed by atoms with Gasteiger partial charge in [0.25, 0.3) is 0 Å². The summed E-state index contributed by atoms with van der Waals surface area (Å²) in [7, 11) is 0. The van der Waals surface area contributed by atoms with Gasteiger partial charge in [0, 0.05) is 44.1 Å². The van der Waals surface area contributed by atoms with Crippen molar-refractivity contribution in [2.75, 3.05) is 0 Å². The summed E-state index contributed by atoms with van der Waals surface area (Å²) in [6.07, 6.45) is 0.466. The summed E-state index contributed by atoms with van der Waals surface area (Å²) in [4.78, 5) is 10.1. The molecule has 0 radical (unpaired) electrons. The number of phenolic OH excluding ortho intramolecular Hbond substituents is 1. The molecular formula is C60H64N3OPt-. The largest absolute Gasteiger partial charge is 0.507 e. The Balaban J connectivity index is 0.00000760. The van der Waals surface area contributed by atoms with Crippen molar-refractivity contribution >= 4 is 11.0 Å². The Bertz CT molecular complexity index is 3400. The second-order valence-electron chi connectivity index (χ2n) is 20.8. The number of fused-ring (bicyclic) bond motifs is 1. The third-order valence-corrected chi connectivity index (χ3v) is 12.6. The predicted octanol–water partition coefficient (Wildman–Crippen LogP) is 16.1. The number of imidazole rings is 1. The van der Waals surface area contributed by atoms with Crippen LogP contribution in [0.25, 0.3) is 72.7 Å². The number of phenols is 1. The minimum Gasteiger partial charge on any atom is -0.507 e. The summed E-state index contributed by atoms with van der Waals surface area (Å²) in [5.41, 5.74) is 9.06. The van der Waals surface area contributed by atoms with Crippen molar-refractivity contribution in [1.82, 2.24) is 14.5 Å². The van der Waals surface area contributed by atoms with Crippen LogP contribution in [0.4, 0.5) is 0 Å². The van der Waals surface area contributed by atoms with Gasteiger partial charge < -0.3 is 5.11 Å². The van der Waals surface area contributed by atoms with E-state index in [0.29, 0.717) is 28.0 Å². The molecule has 6 aromatic carbocycles. The number of benzene rings is 6. The Morgan fingerprint density at radius 3 is 1.92 bits per heavy atom. The van der Waals surface area contributed by atoms with Crippen molar-refractivity contribution in [3.05, 3.63) is 167 Å². The van der Waals surface area contributed by atoms with Gasteiger partial charge in [0.1, 0.15) is 11.6 Å². The molecule has 2 heterocycles. The third-order valence-electron chi connectivity index (χ3n) is 12.6. The molecule has 0 saturated heterocycles. The molecule has 0 spiro atoms. The van der Waals surface area contributed by atoms with Crippen LogP contribution >= 0.6 is 0 Å². The molecule has 0 amide bonds. The molecule has 4 nitrogen and oxygen atoms in total. The van der Waals surface area contributed by atoms with Gasteiger partial charge >= 0.3 is 0 Å². The Labute approximate surface area is 412 Å². The van der Waals surface area contributed by atoms with Crippen LogP contribution in [0.5, 0.6) is 5.75 Å². The summed E-state index contributed by atoms with van der Waals surface area (Å²) in [6.45, 7) is 27.3. The van der Waals surface area contributed by atoms with E-state index in [4.69, 9.17) is 13.2 Å². The topological polar surface area (TPSA) is 50.9 Å². The van der Waals surface area contributed by atoms with E-state index in [1.54, 1.807) is 0 Å². The van der Waals surface area contributed by atoms with Crippen molar-refractivity contribution in [2.45, 2.75) is 118 Å². The first kappa shape index (κ1) is 38.7. The van der Waals surface area contributed by atoms with Crippen molar-refractivity contribution in [3.63, 3.8) is 0 Å². The van der Waals surface area contributed by atoms with E-state index in [-0.39, 0.29) is 90.2 Å². The molecule has 1 N–H and O–H groups in total. The number of aromatic nitrogens is 3. The standard InChI is InChI=1S/C60H64N3O.Pt/c1-14-60(12,13)44-27-28-52(48(35-44)40-19-16-15-17-20-40)63-53-22-18-21-47(54(53)62-56(63)49-36-46(58(6,7)8)37-50(55(49)64)59(9,10)11)42-31-43(33-45(32-42)57(3,4)5)51-34-41(29-30-61-51)39-25-23-38(2)24-26-39;/h15-30,32-37,64H,14H2,1-13H3;/q-1;/i23D,24D,25D,26D,29D,30D,34D;. The molecule has 0 aliphatic carbocycles. The van der Waals surface area contributed by atoms with Crippen LogP contribution < -0.4 is 0 Å². The quantitative estimate of drug-likeness (QED) is 0.154. The zero-order valence-electron chi connectivity index (χ0n) is 47.0. The molecule has 0 aliphatic rings. The van der Waals surface area contributed by atoms with Crippen molar-refractivity contribution < 1.29 is 35.8 Å². The van der Waals surface area contributed by atoms with E-state index in [9.17, 15) is 6.48 Å². The van der Waals surface area contributed by atoms with Gasteiger partial charge in [-0.1, -0.05) is 185 Å². The molecule has 8 rings (SSSR count). The van der Waals surface area contributed by atoms with Gasteiger partial charge in [-0.05, 0) is 93.1 Å². The maximum absolute atomic E-state index is 12.6. The molecule has 0 unspecified atom stereocenters. The number of nitrogens with zero attached hydrogens (tertiary/aromatic N) is 3. The SMILES string of the molecule is [2H]c1nc(-c2[c-]c(-c3cccc4c3nc(-c3cc(C(C)(C)C)cc(C(C)(C)C)c3O)n4-c3ccc(C(C)(C)CC)cc3-c3ccccc3)cc(C(C)(C)C)c2)c([2H])c(-c2c([2H])c([2H])c(C)c([2H])c2[2H])c1[2H].[Pt]. The smallest absolute Gasteiger partial charge is 0.148 e. The first-order valence-electron chi connectivity index (χ1n) is 25.8. The van der Waals surface area contributed by atoms with E-state index in [2.05, 4.69) is 147 Å². The molecule has 0 aliphatic heterocycles. The molecule has 5 heteroatoms. The fourth-order valence-electron chi connectivity index (χ4n) is 8.10. The summed E-state index contributed by atoms with van der Waals surface area (Å²) in [6, 6.07) is 32.6. The minimum atomic E-state index is -0.473. The second kappa shape index (κ2) is 17.7. The average Bonchev–Trinajstić information content (AvgIpc) is 3.70. The van der Waals surface area contributed by atoms with Gasteiger partial charge in [0.05, 0.1) is 31.9 Å². The Kier molecular flexibility index (Phi) is 10.5. The van der Waals surface area contributed by atoms with Crippen molar-refractivity contribution in [3.8, 4) is 67.5 Å². The van der Waals surface area contributed by atoms with Crippen LogP contribution in [-0.4, -0.2) is 19.6 Å². The Morgan fingerprint density at radius 2 is 1.28 bits per heavy atom. The normalized spacial score (nSPS) is 13.9. The van der Waals surface area contributed by atoms with Crippen LogP contribution in [0.15, 0.2) is 133 Å². The number of hydrogen-bond acceptors (Lipinski definition) is 3. The molecule has 0 atom stereocenters. The maximum Gasteiger partial charge on any atom is 0.148 e. The van der Waals surface area contributed by atoms with E-state index in [1.807, 2.05) is 42.5 Å². The van der Waals surface area contributed by atoms with Crippen LogP contribution in [0, 0.1) is 13.0 Å². The second-order valence-corrected chi connectivity index (χ2v) is 20.8. The van der Waals surface area contributed by atoms with E-state index < -0.39 is 23.0 Å². The molecule has 0 saturated carbocycles. The summed E-state index contributed by atoms with van der Waals surface area (Å²) in [5.74, 6) is 0.706. The fourth-order valence-corrected chi connectivity index (χ4v) is 8.10. The number of pyridine rings is 1. The molecule has 0 bridgehead atoms. The molecule has 8 aromatic rings. The van der Waals surface area contributed by atoms with Crippen molar-refractivity contribution in [1.29, 1.82) is 0 Å². The first-order valence-corrected chi connectivity index (χ1v) is 22.3. The summed E-state index contributed by atoms with van der Waals surface area (Å²) >= 11 is 0. The van der Waals surface area contributed by atoms with Crippen LogP contribution in [0.1, 0.15) is 127 Å². The number of aromatic hydroxyl groups is 1. The van der Waals surface area contributed by atoms with Gasteiger partial charge in [0.15, 0.2) is 0 Å². The van der Waals surface area contributed by atoms with Crippen LogP contribution in [-0.2, 0) is 42.7 Å². The van der Waals surface area contributed by atoms with Crippen LogP contribution in [0.2, 0.25) is 0 Å². The average molecular weight is 1050 g/mol. The molecule has 336 valence electrons. The number of para-hydroxylation sites is 1. The van der Waals surface area contributed by atoms with Gasteiger partial charge in [-0.3, -0.25) is 9.55 Å². The zero-order valence-corrected chi connectivity index (χ0v) is 42.2. The summed E-state index contributed by atoms with van der Waals surface area (Å²) in [5, 5.41) is 12.6. The van der Waals surface area contributed by atoms with Crippen LogP contribution in [0.3, 0.4) is 0 Å². The zero-order chi connectivity index (χ0) is 52.0. The van der Waals surface area contributed by atoms with Gasteiger partial charge in [-0.2, -0.15) is 0 Å². The fraction of sp³-hybridized carbons (Fsp3) is 0.300. The molecule has 2 aromatic heterocycles. The third kappa shape index (κ3) is 9.43. The summed E-state index contributed by atoms with van der Waals surface area (Å²) < 4.78 is 64.5. The predicted molar refractivity (Wildman–Crippen MR) is 271 cm³/mol. The first-order chi connectivity index (χ1) is 33.1. The number of rotatable bonds is 8. The van der Waals surface area contributed by atoms with E-state index in [0.717, 1.165) is 51.0 Å².